The van der Waals surface area contributed by atoms with E-state index < -0.39 is 0 Å². The van der Waals surface area contributed by atoms with E-state index in [9.17, 15) is 0 Å². The normalized spacial score (nSPS) is 12.7. The summed E-state index contributed by atoms with van der Waals surface area (Å²) in [5.74, 6) is 0. The summed E-state index contributed by atoms with van der Waals surface area (Å²) in [6.45, 7) is 8.78. The zero-order chi connectivity index (χ0) is 13.3. The predicted molar refractivity (Wildman–Crippen MR) is 85.1 cm³/mol. The first-order valence-electron chi connectivity index (χ1n) is 6.33. The van der Waals surface area contributed by atoms with Crippen molar-refractivity contribution in [2.45, 2.75) is 38.9 Å². The Labute approximate surface area is 122 Å². The van der Waals surface area contributed by atoms with E-state index in [0.29, 0.717) is 4.83 Å². The standard InChI is InChI=1S/C16H19BrS/c1-5-13-6-7-14(18-13)16(17)15-11(3)8-10(2)9-12(15)4/h6-9,16H,5H2,1-4H3. The number of benzene rings is 1. The Balaban J connectivity index is 2.42. The molecule has 2 aromatic rings. The Bertz CT molecular complexity index is 531. The second kappa shape index (κ2) is 5.58. The number of thiophene rings is 1. The first-order chi connectivity index (χ1) is 8.52. The molecule has 0 radical (unpaired) electrons. The van der Waals surface area contributed by atoms with Crippen LogP contribution >= 0.6 is 27.3 Å². The molecule has 1 aromatic heterocycles. The molecule has 96 valence electrons. The van der Waals surface area contributed by atoms with Crippen LogP contribution in [0, 0.1) is 20.8 Å². The molecule has 0 spiro atoms. The van der Waals surface area contributed by atoms with Crippen molar-refractivity contribution < 1.29 is 0 Å². The van der Waals surface area contributed by atoms with Crippen molar-refractivity contribution in [1.82, 2.24) is 0 Å². The molecule has 0 nitrogen and oxygen atoms in total. The highest BCUT2D eigenvalue weighted by atomic mass is 79.9. The molecule has 2 rings (SSSR count). The SMILES string of the molecule is CCc1ccc(C(Br)c2c(C)cc(C)cc2C)s1. The van der Waals surface area contributed by atoms with Gasteiger partial charge in [0.2, 0.25) is 0 Å². The summed E-state index contributed by atoms with van der Waals surface area (Å²) in [6, 6.07) is 9.03. The molecule has 0 saturated heterocycles. The van der Waals surface area contributed by atoms with Gasteiger partial charge in [-0.15, -0.1) is 11.3 Å². The average molecular weight is 323 g/mol. The van der Waals surface area contributed by atoms with Crippen LogP contribution in [0.2, 0.25) is 0 Å². The first kappa shape index (κ1) is 13.8. The van der Waals surface area contributed by atoms with Gasteiger partial charge >= 0.3 is 0 Å². The molecule has 1 aromatic carbocycles. The Morgan fingerprint density at radius 1 is 1.11 bits per heavy atom. The highest BCUT2D eigenvalue weighted by Gasteiger charge is 2.17. The molecule has 0 aliphatic carbocycles. The van der Waals surface area contributed by atoms with Gasteiger partial charge in [-0.3, -0.25) is 0 Å². The van der Waals surface area contributed by atoms with Crippen LogP contribution in [0.25, 0.3) is 0 Å². The number of halogens is 1. The zero-order valence-electron chi connectivity index (χ0n) is 11.4. The molecule has 0 aliphatic rings. The fourth-order valence-corrected chi connectivity index (χ4v) is 4.55. The summed E-state index contributed by atoms with van der Waals surface area (Å²) in [7, 11) is 0. The molecular formula is C16H19BrS. The van der Waals surface area contributed by atoms with E-state index in [1.54, 1.807) is 0 Å². The maximum absolute atomic E-state index is 3.87. The van der Waals surface area contributed by atoms with E-state index in [0.717, 1.165) is 6.42 Å². The maximum Gasteiger partial charge on any atom is 0.0743 e. The van der Waals surface area contributed by atoms with Crippen LogP contribution < -0.4 is 0 Å². The molecule has 1 unspecified atom stereocenters. The Kier molecular flexibility index (Phi) is 4.29. The van der Waals surface area contributed by atoms with Crippen LogP contribution in [0.3, 0.4) is 0 Å². The minimum Gasteiger partial charge on any atom is -0.144 e. The summed E-state index contributed by atoms with van der Waals surface area (Å²) >= 11 is 5.78. The summed E-state index contributed by atoms with van der Waals surface area (Å²) < 4.78 is 0. The van der Waals surface area contributed by atoms with Crippen LogP contribution in [0.1, 0.15) is 43.8 Å². The lowest BCUT2D eigenvalue weighted by Crippen LogP contribution is -1.98. The highest BCUT2D eigenvalue weighted by molar-refractivity contribution is 9.09. The lowest BCUT2D eigenvalue weighted by atomic mass is 9.97. The van der Waals surface area contributed by atoms with E-state index in [1.165, 1.54) is 32.0 Å². The second-order valence-electron chi connectivity index (χ2n) is 4.83. The van der Waals surface area contributed by atoms with E-state index in [1.807, 2.05) is 11.3 Å². The predicted octanol–water partition coefficient (Wildman–Crippen LogP) is 5.72. The van der Waals surface area contributed by atoms with Crippen molar-refractivity contribution in [3.8, 4) is 0 Å². The van der Waals surface area contributed by atoms with Crippen molar-refractivity contribution in [3.63, 3.8) is 0 Å². The van der Waals surface area contributed by atoms with E-state index in [2.05, 4.69) is 67.9 Å². The summed E-state index contributed by atoms with van der Waals surface area (Å²) in [5.41, 5.74) is 5.51. The van der Waals surface area contributed by atoms with Gasteiger partial charge in [-0.05, 0) is 56.0 Å². The minimum atomic E-state index is 0.323. The van der Waals surface area contributed by atoms with Crippen LogP contribution in [0.15, 0.2) is 24.3 Å². The van der Waals surface area contributed by atoms with Crippen molar-refractivity contribution >= 4 is 27.3 Å². The summed E-state index contributed by atoms with van der Waals surface area (Å²) in [6.07, 6.45) is 1.12. The Hall–Kier alpha value is -0.600. The molecule has 1 heterocycles. The fourth-order valence-electron chi connectivity index (χ4n) is 2.45. The Morgan fingerprint density at radius 3 is 2.22 bits per heavy atom. The number of hydrogen-bond donors (Lipinski definition) is 0. The molecule has 0 fully saturated rings. The quantitative estimate of drug-likeness (QED) is 0.634. The molecule has 0 N–H and O–H groups in total. The van der Waals surface area contributed by atoms with E-state index in [4.69, 9.17) is 0 Å². The molecule has 0 saturated carbocycles. The molecule has 18 heavy (non-hydrogen) atoms. The van der Waals surface area contributed by atoms with Crippen LogP contribution in [0.5, 0.6) is 0 Å². The van der Waals surface area contributed by atoms with Crippen LogP contribution in [0.4, 0.5) is 0 Å². The molecule has 0 aliphatic heterocycles. The summed E-state index contributed by atoms with van der Waals surface area (Å²) in [5, 5.41) is 0. The van der Waals surface area contributed by atoms with Gasteiger partial charge in [-0.25, -0.2) is 0 Å². The average Bonchev–Trinajstić information content (AvgIpc) is 2.75. The third-order valence-electron chi connectivity index (χ3n) is 3.27. The topological polar surface area (TPSA) is 0 Å². The highest BCUT2D eigenvalue weighted by Crippen LogP contribution is 2.38. The lowest BCUT2D eigenvalue weighted by Gasteiger charge is -2.16. The van der Waals surface area contributed by atoms with Crippen molar-refractivity contribution in [3.05, 3.63) is 56.3 Å². The van der Waals surface area contributed by atoms with Gasteiger partial charge in [0.25, 0.3) is 0 Å². The van der Waals surface area contributed by atoms with Gasteiger partial charge in [0.15, 0.2) is 0 Å². The van der Waals surface area contributed by atoms with Crippen molar-refractivity contribution in [2.24, 2.45) is 0 Å². The fraction of sp³-hybridized carbons (Fsp3) is 0.375. The first-order valence-corrected chi connectivity index (χ1v) is 8.06. The van der Waals surface area contributed by atoms with Crippen molar-refractivity contribution in [2.75, 3.05) is 0 Å². The largest absolute Gasteiger partial charge is 0.144 e. The molecule has 2 heteroatoms. The van der Waals surface area contributed by atoms with Crippen LogP contribution in [-0.4, -0.2) is 0 Å². The molecule has 0 amide bonds. The number of aryl methyl sites for hydroxylation is 4. The zero-order valence-corrected chi connectivity index (χ0v) is 13.8. The summed E-state index contributed by atoms with van der Waals surface area (Å²) in [4.78, 5) is 3.18. The van der Waals surface area contributed by atoms with E-state index >= 15 is 0 Å². The number of rotatable bonds is 3. The van der Waals surface area contributed by atoms with Gasteiger partial charge in [-0.2, -0.15) is 0 Å². The van der Waals surface area contributed by atoms with Gasteiger partial charge in [0, 0.05) is 9.75 Å². The van der Waals surface area contributed by atoms with E-state index in [-0.39, 0.29) is 0 Å². The van der Waals surface area contributed by atoms with Crippen molar-refractivity contribution in [1.29, 1.82) is 0 Å². The maximum atomic E-state index is 3.87. The lowest BCUT2D eigenvalue weighted by molar-refractivity contribution is 1.13. The van der Waals surface area contributed by atoms with Gasteiger partial charge < -0.3 is 0 Å². The number of hydrogen-bond acceptors (Lipinski definition) is 1. The smallest absolute Gasteiger partial charge is 0.0743 e. The second-order valence-corrected chi connectivity index (χ2v) is 6.95. The molecule has 0 bridgehead atoms. The van der Waals surface area contributed by atoms with Gasteiger partial charge in [0.05, 0.1) is 4.83 Å². The van der Waals surface area contributed by atoms with Crippen LogP contribution in [-0.2, 0) is 6.42 Å². The van der Waals surface area contributed by atoms with Gasteiger partial charge in [0.1, 0.15) is 0 Å². The third kappa shape index (κ3) is 2.70. The molecule has 1 atom stereocenters. The molecular weight excluding hydrogens is 304 g/mol. The Morgan fingerprint density at radius 2 is 1.72 bits per heavy atom. The number of alkyl halides is 1. The third-order valence-corrected chi connectivity index (χ3v) is 5.82. The monoisotopic (exact) mass is 322 g/mol. The minimum absolute atomic E-state index is 0.323. The van der Waals surface area contributed by atoms with Gasteiger partial charge in [-0.1, -0.05) is 40.5 Å².